The highest BCUT2D eigenvalue weighted by molar-refractivity contribution is 5.67. The molecular formula is C29H41N3O3. The fourth-order valence-electron chi connectivity index (χ4n) is 5.44. The van der Waals surface area contributed by atoms with Crippen LogP contribution in [-0.2, 0) is 11.3 Å². The zero-order valence-corrected chi connectivity index (χ0v) is 21.1. The lowest BCUT2D eigenvalue weighted by atomic mass is 9.84. The fourth-order valence-corrected chi connectivity index (χ4v) is 5.44. The lowest BCUT2D eigenvalue weighted by Crippen LogP contribution is -2.44. The number of nitrogen functional groups attached to an aromatic ring is 1. The van der Waals surface area contributed by atoms with Crippen molar-refractivity contribution in [3.05, 3.63) is 54.1 Å². The van der Waals surface area contributed by atoms with E-state index >= 15 is 0 Å². The number of carbonyl (C=O) groups excluding carboxylic acids is 1. The molecule has 0 bridgehead atoms. The Labute approximate surface area is 210 Å². The highest BCUT2D eigenvalue weighted by Crippen LogP contribution is 2.29. The Morgan fingerprint density at radius 3 is 2.37 bits per heavy atom. The van der Waals surface area contributed by atoms with E-state index in [2.05, 4.69) is 5.32 Å². The Morgan fingerprint density at radius 1 is 0.971 bits per heavy atom. The minimum atomic E-state index is -0.197. The second-order valence-electron chi connectivity index (χ2n) is 10.1. The van der Waals surface area contributed by atoms with Crippen LogP contribution in [-0.4, -0.2) is 36.7 Å². The summed E-state index contributed by atoms with van der Waals surface area (Å²) in [5, 5.41) is 3.68. The molecule has 1 atom stereocenters. The number of carbonyl (C=O) groups is 1. The van der Waals surface area contributed by atoms with Crippen molar-refractivity contribution in [2.24, 2.45) is 5.92 Å². The standard InChI is InChI=1S/C29H41N3O3/c1-32(24-13-7-3-8-14-24)29(33)34-21-28(22-11-5-2-6-12-22)31-20-23-19-26(17-18-27(23)30)35-25-15-9-4-10-16-25/h4,9-10,15-19,22,24,28,31H,2-3,5-8,11-14,20-21,30H2,1H3/t28-/m0/s1. The summed E-state index contributed by atoms with van der Waals surface area (Å²) in [6.07, 6.45) is 11.7. The van der Waals surface area contributed by atoms with E-state index in [9.17, 15) is 4.79 Å². The van der Waals surface area contributed by atoms with Gasteiger partial charge in [0.05, 0.1) is 0 Å². The van der Waals surface area contributed by atoms with Gasteiger partial charge in [0, 0.05) is 31.4 Å². The molecule has 4 rings (SSSR count). The topological polar surface area (TPSA) is 76.8 Å². The van der Waals surface area contributed by atoms with Crippen molar-refractivity contribution in [3.63, 3.8) is 0 Å². The SMILES string of the molecule is CN(C(=O)OC[C@H](NCc1cc(Oc2ccccc2)ccc1N)C1CCCCC1)C1CCCCC1. The summed E-state index contributed by atoms with van der Waals surface area (Å²) >= 11 is 0. The summed E-state index contributed by atoms with van der Waals surface area (Å²) < 4.78 is 11.9. The molecule has 2 aromatic carbocycles. The van der Waals surface area contributed by atoms with E-state index in [0.29, 0.717) is 25.1 Å². The molecule has 190 valence electrons. The molecule has 2 aliphatic carbocycles. The van der Waals surface area contributed by atoms with Crippen molar-refractivity contribution < 1.29 is 14.3 Å². The van der Waals surface area contributed by atoms with E-state index in [1.54, 1.807) is 0 Å². The molecule has 6 nitrogen and oxygen atoms in total. The van der Waals surface area contributed by atoms with Gasteiger partial charge in [-0.2, -0.15) is 0 Å². The van der Waals surface area contributed by atoms with Crippen molar-refractivity contribution in [2.45, 2.75) is 82.8 Å². The molecule has 0 radical (unpaired) electrons. The molecule has 6 heteroatoms. The van der Waals surface area contributed by atoms with Gasteiger partial charge in [0.1, 0.15) is 18.1 Å². The first-order chi connectivity index (χ1) is 17.1. The highest BCUT2D eigenvalue weighted by atomic mass is 16.6. The van der Waals surface area contributed by atoms with Gasteiger partial charge in [0.15, 0.2) is 0 Å². The number of amides is 1. The number of benzene rings is 2. The van der Waals surface area contributed by atoms with Crippen LogP contribution in [0.4, 0.5) is 10.5 Å². The second-order valence-corrected chi connectivity index (χ2v) is 10.1. The van der Waals surface area contributed by atoms with Gasteiger partial charge in [-0.3, -0.25) is 0 Å². The molecule has 0 heterocycles. The second kappa shape index (κ2) is 12.8. The van der Waals surface area contributed by atoms with E-state index in [1.807, 2.05) is 60.5 Å². The van der Waals surface area contributed by atoms with Crippen LogP contribution in [0, 0.1) is 5.92 Å². The number of anilines is 1. The minimum Gasteiger partial charge on any atom is -0.457 e. The third kappa shape index (κ3) is 7.38. The summed E-state index contributed by atoms with van der Waals surface area (Å²) in [4.78, 5) is 14.6. The summed E-state index contributed by atoms with van der Waals surface area (Å²) in [6.45, 7) is 0.996. The number of para-hydroxylation sites is 1. The lowest BCUT2D eigenvalue weighted by molar-refractivity contribution is 0.0699. The van der Waals surface area contributed by atoms with Crippen LogP contribution in [0.15, 0.2) is 48.5 Å². The van der Waals surface area contributed by atoms with Crippen LogP contribution >= 0.6 is 0 Å². The largest absolute Gasteiger partial charge is 0.457 e. The molecule has 2 saturated carbocycles. The normalized spacial score (nSPS) is 18.1. The molecule has 0 saturated heterocycles. The number of ether oxygens (including phenoxy) is 2. The van der Waals surface area contributed by atoms with Crippen molar-refractivity contribution >= 4 is 11.8 Å². The van der Waals surface area contributed by atoms with E-state index in [1.165, 1.54) is 51.4 Å². The number of nitrogens with zero attached hydrogens (tertiary/aromatic N) is 1. The van der Waals surface area contributed by atoms with E-state index < -0.39 is 0 Å². The van der Waals surface area contributed by atoms with Gasteiger partial charge >= 0.3 is 6.09 Å². The number of hydrogen-bond donors (Lipinski definition) is 2. The van der Waals surface area contributed by atoms with Crippen LogP contribution in [0.2, 0.25) is 0 Å². The molecule has 0 aliphatic heterocycles. The molecule has 3 N–H and O–H groups in total. The molecule has 2 aliphatic rings. The van der Waals surface area contributed by atoms with Crippen LogP contribution in [0.3, 0.4) is 0 Å². The Morgan fingerprint density at radius 2 is 1.66 bits per heavy atom. The van der Waals surface area contributed by atoms with Crippen molar-refractivity contribution in [3.8, 4) is 11.5 Å². The molecule has 0 unspecified atom stereocenters. The van der Waals surface area contributed by atoms with E-state index in [4.69, 9.17) is 15.2 Å². The van der Waals surface area contributed by atoms with E-state index in [0.717, 1.165) is 35.6 Å². The predicted molar refractivity (Wildman–Crippen MR) is 141 cm³/mol. The van der Waals surface area contributed by atoms with Gasteiger partial charge in [0.25, 0.3) is 0 Å². The maximum atomic E-state index is 12.8. The molecule has 0 spiro atoms. The average molecular weight is 480 g/mol. The molecule has 1 amide bonds. The number of nitrogens with two attached hydrogens (primary N) is 1. The zero-order chi connectivity index (χ0) is 24.5. The summed E-state index contributed by atoms with van der Waals surface area (Å²) in [5.74, 6) is 2.06. The maximum Gasteiger partial charge on any atom is 0.409 e. The Balaban J connectivity index is 1.37. The number of nitrogens with one attached hydrogen (secondary N) is 1. The molecule has 0 aromatic heterocycles. The molecular weight excluding hydrogens is 438 g/mol. The van der Waals surface area contributed by atoms with Crippen molar-refractivity contribution in [1.29, 1.82) is 0 Å². The van der Waals surface area contributed by atoms with Crippen LogP contribution in [0.25, 0.3) is 0 Å². The van der Waals surface area contributed by atoms with Gasteiger partial charge in [-0.25, -0.2) is 4.79 Å². The highest BCUT2D eigenvalue weighted by Gasteiger charge is 2.27. The van der Waals surface area contributed by atoms with E-state index in [-0.39, 0.29) is 12.1 Å². The lowest BCUT2D eigenvalue weighted by Gasteiger charge is -2.33. The van der Waals surface area contributed by atoms with Gasteiger partial charge in [-0.15, -0.1) is 0 Å². The average Bonchev–Trinajstić information content (AvgIpc) is 2.91. The first-order valence-electron chi connectivity index (χ1n) is 13.3. The smallest absolute Gasteiger partial charge is 0.409 e. The van der Waals surface area contributed by atoms with Crippen LogP contribution < -0.4 is 15.8 Å². The fraction of sp³-hybridized carbons (Fsp3) is 0.552. The van der Waals surface area contributed by atoms with Crippen molar-refractivity contribution in [1.82, 2.24) is 10.2 Å². The van der Waals surface area contributed by atoms with Gasteiger partial charge in [0.2, 0.25) is 0 Å². The Bertz CT molecular complexity index is 924. The number of rotatable bonds is 9. The molecule has 2 aromatic rings. The molecule has 2 fully saturated rings. The summed E-state index contributed by atoms with van der Waals surface area (Å²) in [7, 11) is 1.89. The van der Waals surface area contributed by atoms with Gasteiger partial charge < -0.3 is 25.4 Å². The third-order valence-corrected chi connectivity index (χ3v) is 7.66. The maximum absolute atomic E-state index is 12.8. The van der Waals surface area contributed by atoms with Gasteiger partial charge in [-0.05, 0) is 67.5 Å². The van der Waals surface area contributed by atoms with Gasteiger partial charge in [-0.1, -0.05) is 56.7 Å². The zero-order valence-electron chi connectivity index (χ0n) is 21.1. The quantitative estimate of drug-likeness (QED) is 0.401. The number of hydrogen-bond acceptors (Lipinski definition) is 5. The first-order valence-corrected chi connectivity index (χ1v) is 13.3. The Hall–Kier alpha value is -2.73. The molecule has 35 heavy (non-hydrogen) atoms. The monoisotopic (exact) mass is 479 g/mol. The minimum absolute atomic E-state index is 0.108. The van der Waals surface area contributed by atoms with Crippen molar-refractivity contribution in [2.75, 3.05) is 19.4 Å². The first kappa shape index (κ1) is 25.4. The predicted octanol–water partition coefficient (Wildman–Crippen LogP) is 6.50. The van der Waals surface area contributed by atoms with Crippen LogP contribution in [0.5, 0.6) is 11.5 Å². The Kier molecular flexibility index (Phi) is 9.29. The summed E-state index contributed by atoms with van der Waals surface area (Å²) in [5.41, 5.74) is 8.03. The summed E-state index contributed by atoms with van der Waals surface area (Å²) in [6, 6.07) is 16.0. The van der Waals surface area contributed by atoms with Crippen LogP contribution in [0.1, 0.15) is 69.8 Å². The third-order valence-electron chi connectivity index (χ3n) is 7.66.